The van der Waals surface area contributed by atoms with E-state index in [1.165, 1.54) is 0 Å². The Morgan fingerprint density at radius 2 is 2.27 bits per heavy atom. The van der Waals surface area contributed by atoms with Crippen molar-refractivity contribution in [1.82, 2.24) is 0 Å². The van der Waals surface area contributed by atoms with Gasteiger partial charge in [-0.2, -0.15) is 0 Å². The average molecular weight is 207 g/mol. The van der Waals surface area contributed by atoms with Crippen LogP contribution in [0.25, 0.3) is 0 Å². The molecule has 0 fully saturated rings. The Morgan fingerprint density at radius 1 is 1.53 bits per heavy atom. The van der Waals surface area contributed by atoms with Crippen molar-refractivity contribution in [2.45, 2.75) is 19.6 Å². The third-order valence-electron chi connectivity index (χ3n) is 2.13. The highest BCUT2D eigenvalue weighted by atomic mass is 16.5. The van der Waals surface area contributed by atoms with Gasteiger partial charge in [-0.05, 0) is 25.1 Å². The van der Waals surface area contributed by atoms with Gasteiger partial charge < -0.3 is 15.2 Å². The highest BCUT2D eigenvalue weighted by molar-refractivity contribution is 5.40. The van der Waals surface area contributed by atoms with Crippen LogP contribution < -0.4 is 15.2 Å². The van der Waals surface area contributed by atoms with Gasteiger partial charge in [-0.3, -0.25) is 0 Å². The maximum Gasteiger partial charge on any atom is 0.124 e. The fourth-order valence-electron chi connectivity index (χ4n) is 1.21. The molecule has 0 saturated heterocycles. The molecule has 0 saturated carbocycles. The number of nitrogens with two attached hydrogens (primary N) is 1. The fourth-order valence-corrected chi connectivity index (χ4v) is 1.21. The summed E-state index contributed by atoms with van der Waals surface area (Å²) < 4.78 is 10.7. The Hall–Kier alpha value is -1.48. The van der Waals surface area contributed by atoms with Gasteiger partial charge in [0.2, 0.25) is 0 Å². The lowest BCUT2D eigenvalue weighted by Crippen LogP contribution is -2.10. The summed E-state index contributed by atoms with van der Waals surface area (Å²) in [6.45, 7) is 6.02. The molecule has 1 aromatic rings. The van der Waals surface area contributed by atoms with Crippen LogP contribution in [-0.4, -0.2) is 13.2 Å². The predicted molar refractivity (Wildman–Crippen MR) is 61.2 cm³/mol. The zero-order valence-electron chi connectivity index (χ0n) is 9.19. The Bertz CT molecular complexity index is 336. The van der Waals surface area contributed by atoms with E-state index in [1.807, 2.05) is 25.1 Å². The molecule has 3 heteroatoms. The van der Waals surface area contributed by atoms with Gasteiger partial charge in [0.25, 0.3) is 0 Å². The van der Waals surface area contributed by atoms with Crippen LogP contribution in [0.2, 0.25) is 0 Å². The average Bonchev–Trinajstić information content (AvgIpc) is 2.29. The van der Waals surface area contributed by atoms with Crippen molar-refractivity contribution < 1.29 is 9.47 Å². The second-order valence-corrected chi connectivity index (χ2v) is 3.24. The van der Waals surface area contributed by atoms with Gasteiger partial charge in [0.15, 0.2) is 0 Å². The quantitative estimate of drug-likeness (QED) is 0.752. The third kappa shape index (κ3) is 2.99. The molecule has 0 aliphatic heterocycles. The molecule has 82 valence electrons. The predicted octanol–water partition coefficient (Wildman–Crippen LogP) is 2.11. The molecule has 0 aliphatic carbocycles. The van der Waals surface area contributed by atoms with Crippen LogP contribution in [-0.2, 0) is 6.54 Å². The van der Waals surface area contributed by atoms with E-state index in [4.69, 9.17) is 15.2 Å². The molecule has 0 aliphatic rings. The first-order chi connectivity index (χ1) is 7.21. The summed E-state index contributed by atoms with van der Waals surface area (Å²) >= 11 is 0. The van der Waals surface area contributed by atoms with E-state index in [0.29, 0.717) is 6.54 Å². The molecule has 15 heavy (non-hydrogen) atoms. The Balaban J connectivity index is 2.91. The van der Waals surface area contributed by atoms with Crippen molar-refractivity contribution in [2.75, 3.05) is 7.11 Å². The van der Waals surface area contributed by atoms with E-state index in [2.05, 4.69) is 6.58 Å². The van der Waals surface area contributed by atoms with Crippen molar-refractivity contribution in [1.29, 1.82) is 0 Å². The first-order valence-corrected chi connectivity index (χ1v) is 4.87. The number of rotatable bonds is 5. The van der Waals surface area contributed by atoms with E-state index >= 15 is 0 Å². The fraction of sp³-hybridized carbons (Fsp3) is 0.333. The normalized spacial score (nSPS) is 11.9. The first-order valence-electron chi connectivity index (χ1n) is 4.87. The van der Waals surface area contributed by atoms with E-state index in [9.17, 15) is 0 Å². The van der Waals surface area contributed by atoms with Gasteiger partial charge in [-0.15, -0.1) is 0 Å². The molecule has 0 heterocycles. The van der Waals surface area contributed by atoms with E-state index in [0.717, 1.165) is 17.1 Å². The zero-order valence-corrected chi connectivity index (χ0v) is 9.19. The van der Waals surface area contributed by atoms with Crippen LogP contribution in [0, 0.1) is 0 Å². The molecule has 2 N–H and O–H groups in total. The summed E-state index contributed by atoms with van der Waals surface area (Å²) in [5.41, 5.74) is 6.56. The summed E-state index contributed by atoms with van der Waals surface area (Å²) in [5, 5.41) is 0. The lowest BCUT2D eigenvalue weighted by atomic mass is 10.2. The standard InChI is InChI=1S/C12H17NO2/c1-4-9(2)15-12-6-5-11(14-3)7-10(12)8-13/h4-7,9H,1,8,13H2,2-3H3. The second kappa shape index (κ2) is 5.41. The Kier molecular flexibility index (Phi) is 4.18. The smallest absolute Gasteiger partial charge is 0.124 e. The molecule has 0 bridgehead atoms. The first kappa shape index (κ1) is 11.6. The molecule has 0 aromatic heterocycles. The zero-order chi connectivity index (χ0) is 11.3. The van der Waals surface area contributed by atoms with Crippen molar-refractivity contribution in [2.24, 2.45) is 5.73 Å². The van der Waals surface area contributed by atoms with Gasteiger partial charge in [0.1, 0.15) is 17.6 Å². The van der Waals surface area contributed by atoms with Gasteiger partial charge in [-0.1, -0.05) is 12.7 Å². The molecule has 0 spiro atoms. The Labute approximate surface area is 90.5 Å². The molecule has 0 amide bonds. The van der Waals surface area contributed by atoms with Gasteiger partial charge in [0, 0.05) is 12.1 Å². The minimum Gasteiger partial charge on any atom is -0.497 e. The molecular formula is C12H17NO2. The molecular weight excluding hydrogens is 190 g/mol. The summed E-state index contributed by atoms with van der Waals surface area (Å²) in [6.07, 6.45) is 1.72. The third-order valence-corrected chi connectivity index (χ3v) is 2.13. The lowest BCUT2D eigenvalue weighted by Gasteiger charge is -2.14. The number of hydrogen-bond donors (Lipinski definition) is 1. The minimum absolute atomic E-state index is 0.0244. The van der Waals surface area contributed by atoms with Crippen LogP contribution in [0.3, 0.4) is 0 Å². The van der Waals surface area contributed by atoms with Crippen LogP contribution in [0.5, 0.6) is 11.5 Å². The monoisotopic (exact) mass is 207 g/mol. The summed E-state index contributed by atoms with van der Waals surface area (Å²) in [7, 11) is 1.63. The van der Waals surface area contributed by atoms with Crippen molar-refractivity contribution in [3.63, 3.8) is 0 Å². The lowest BCUT2D eigenvalue weighted by molar-refractivity contribution is 0.267. The van der Waals surface area contributed by atoms with Crippen LogP contribution >= 0.6 is 0 Å². The topological polar surface area (TPSA) is 44.5 Å². The van der Waals surface area contributed by atoms with Crippen molar-refractivity contribution >= 4 is 0 Å². The minimum atomic E-state index is -0.0244. The number of hydrogen-bond acceptors (Lipinski definition) is 3. The highest BCUT2D eigenvalue weighted by Crippen LogP contribution is 2.24. The number of ether oxygens (including phenoxy) is 2. The van der Waals surface area contributed by atoms with Crippen LogP contribution in [0.4, 0.5) is 0 Å². The van der Waals surface area contributed by atoms with Crippen LogP contribution in [0.15, 0.2) is 30.9 Å². The van der Waals surface area contributed by atoms with Gasteiger partial charge >= 0.3 is 0 Å². The number of methoxy groups -OCH3 is 1. The summed E-state index contributed by atoms with van der Waals surface area (Å²) in [4.78, 5) is 0. The number of benzene rings is 1. The molecule has 1 atom stereocenters. The van der Waals surface area contributed by atoms with Gasteiger partial charge in [0.05, 0.1) is 7.11 Å². The molecule has 0 radical (unpaired) electrons. The van der Waals surface area contributed by atoms with E-state index in [-0.39, 0.29) is 6.10 Å². The SMILES string of the molecule is C=CC(C)Oc1ccc(OC)cc1CN. The molecule has 3 nitrogen and oxygen atoms in total. The van der Waals surface area contributed by atoms with Crippen LogP contribution in [0.1, 0.15) is 12.5 Å². The highest BCUT2D eigenvalue weighted by Gasteiger charge is 2.06. The molecule has 1 aromatic carbocycles. The van der Waals surface area contributed by atoms with Gasteiger partial charge in [-0.25, -0.2) is 0 Å². The summed E-state index contributed by atoms with van der Waals surface area (Å²) in [6, 6.07) is 5.59. The summed E-state index contributed by atoms with van der Waals surface area (Å²) in [5.74, 6) is 1.57. The Morgan fingerprint density at radius 3 is 2.80 bits per heavy atom. The molecule has 1 rings (SSSR count). The van der Waals surface area contributed by atoms with E-state index in [1.54, 1.807) is 13.2 Å². The molecule has 1 unspecified atom stereocenters. The second-order valence-electron chi connectivity index (χ2n) is 3.24. The maximum atomic E-state index is 5.63. The van der Waals surface area contributed by atoms with Crippen molar-refractivity contribution in [3.05, 3.63) is 36.4 Å². The maximum absolute atomic E-state index is 5.63. The van der Waals surface area contributed by atoms with Crippen molar-refractivity contribution in [3.8, 4) is 11.5 Å². The van der Waals surface area contributed by atoms with E-state index < -0.39 is 0 Å². The largest absolute Gasteiger partial charge is 0.497 e.